The molecule has 1 aliphatic rings. The number of aryl methyl sites for hydroxylation is 2. The number of hydrogen-bond acceptors (Lipinski definition) is 2. The lowest BCUT2D eigenvalue weighted by Crippen LogP contribution is -2.24. The van der Waals surface area contributed by atoms with Crippen LogP contribution in [0.1, 0.15) is 60.9 Å². The Labute approximate surface area is 149 Å². The number of aromatic nitrogens is 2. The molecule has 0 fully saturated rings. The second kappa shape index (κ2) is 6.30. The van der Waals surface area contributed by atoms with Gasteiger partial charge in [-0.25, -0.2) is 0 Å². The molecule has 0 spiro atoms. The van der Waals surface area contributed by atoms with Gasteiger partial charge in [-0.3, -0.25) is 4.98 Å². The Kier molecular flexibility index (Phi) is 4.12. The van der Waals surface area contributed by atoms with Crippen LogP contribution in [0.4, 0.5) is 0 Å². The van der Waals surface area contributed by atoms with Gasteiger partial charge in [0.1, 0.15) is 0 Å². The number of fused-ring (bicyclic) bond motifs is 3. The zero-order valence-corrected chi connectivity index (χ0v) is 15.0. The van der Waals surface area contributed by atoms with Gasteiger partial charge in [0.05, 0.1) is 5.60 Å². The fourth-order valence-corrected chi connectivity index (χ4v) is 4.32. The highest BCUT2D eigenvalue weighted by Gasteiger charge is 2.31. The number of nitrogens with zero attached hydrogens (tertiary/aromatic N) is 1. The minimum atomic E-state index is -0.867. The van der Waals surface area contributed by atoms with Gasteiger partial charge < -0.3 is 10.1 Å². The Bertz CT molecular complexity index is 880. The number of benzene rings is 1. The molecule has 3 aromatic rings. The summed E-state index contributed by atoms with van der Waals surface area (Å²) in [7, 11) is 0. The maximum absolute atomic E-state index is 11.1. The molecule has 0 saturated heterocycles. The van der Waals surface area contributed by atoms with Gasteiger partial charge in [-0.1, -0.05) is 24.1 Å². The van der Waals surface area contributed by atoms with Crippen LogP contribution in [-0.4, -0.2) is 15.1 Å². The molecule has 3 nitrogen and oxygen atoms in total. The number of aliphatic hydroxyl groups is 1. The first-order valence-corrected chi connectivity index (χ1v) is 9.28. The Hall–Kier alpha value is -2.13. The van der Waals surface area contributed by atoms with E-state index in [2.05, 4.69) is 35.1 Å². The van der Waals surface area contributed by atoms with Crippen LogP contribution in [0.2, 0.25) is 0 Å². The topological polar surface area (TPSA) is 48.9 Å². The van der Waals surface area contributed by atoms with Crippen molar-refractivity contribution in [3.8, 4) is 0 Å². The lowest BCUT2D eigenvalue weighted by atomic mass is 9.83. The van der Waals surface area contributed by atoms with Crippen molar-refractivity contribution in [2.45, 2.75) is 57.5 Å². The lowest BCUT2D eigenvalue weighted by molar-refractivity contribution is 0.0382. The summed E-state index contributed by atoms with van der Waals surface area (Å²) in [6, 6.07) is 10.5. The van der Waals surface area contributed by atoms with Gasteiger partial charge in [-0.15, -0.1) is 0 Å². The molecule has 2 unspecified atom stereocenters. The van der Waals surface area contributed by atoms with E-state index in [9.17, 15) is 5.11 Å². The van der Waals surface area contributed by atoms with Crippen molar-refractivity contribution in [2.75, 3.05) is 0 Å². The van der Waals surface area contributed by atoms with E-state index >= 15 is 0 Å². The fraction of sp³-hybridized carbons (Fsp3) is 0.409. The van der Waals surface area contributed by atoms with Crippen molar-refractivity contribution in [2.24, 2.45) is 0 Å². The summed E-state index contributed by atoms with van der Waals surface area (Å²) in [4.78, 5) is 7.86. The molecular weight excluding hydrogens is 308 g/mol. The first kappa shape index (κ1) is 16.3. The molecule has 2 aromatic heterocycles. The fourth-order valence-electron chi connectivity index (χ4n) is 4.32. The normalized spacial score (nSPS) is 20.0. The second-order valence-electron chi connectivity index (χ2n) is 7.73. The molecule has 2 atom stereocenters. The molecule has 4 rings (SSSR count). The van der Waals surface area contributed by atoms with Crippen LogP contribution < -0.4 is 0 Å². The summed E-state index contributed by atoms with van der Waals surface area (Å²) in [5, 5.41) is 12.5. The molecule has 0 radical (unpaired) electrons. The quantitative estimate of drug-likeness (QED) is 0.664. The summed E-state index contributed by atoms with van der Waals surface area (Å²) in [6.45, 7) is 4.07. The van der Waals surface area contributed by atoms with E-state index in [1.807, 2.05) is 19.1 Å². The molecule has 0 amide bonds. The van der Waals surface area contributed by atoms with Gasteiger partial charge >= 0.3 is 0 Å². The SMILES string of the molecule is Cc1ccc2[nH]c3c(c2c1)CCCCC3CC(C)(O)c1cccnc1. The first-order chi connectivity index (χ1) is 12.0. The highest BCUT2D eigenvalue weighted by Crippen LogP contribution is 2.41. The molecule has 2 N–H and O–H groups in total. The lowest BCUT2D eigenvalue weighted by Gasteiger charge is -2.28. The molecule has 0 aliphatic heterocycles. The summed E-state index contributed by atoms with van der Waals surface area (Å²) in [5.41, 5.74) is 5.35. The van der Waals surface area contributed by atoms with Crippen molar-refractivity contribution < 1.29 is 5.11 Å². The van der Waals surface area contributed by atoms with Gasteiger partial charge in [0.15, 0.2) is 0 Å². The number of H-pyrrole nitrogens is 1. The van der Waals surface area contributed by atoms with E-state index in [0.717, 1.165) is 24.8 Å². The van der Waals surface area contributed by atoms with E-state index < -0.39 is 5.60 Å². The van der Waals surface area contributed by atoms with Gasteiger partial charge in [0, 0.05) is 40.5 Å². The van der Waals surface area contributed by atoms with E-state index in [1.165, 1.54) is 40.6 Å². The average molecular weight is 334 g/mol. The van der Waals surface area contributed by atoms with Crippen LogP contribution in [0.3, 0.4) is 0 Å². The largest absolute Gasteiger partial charge is 0.385 e. The third-order valence-electron chi connectivity index (χ3n) is 5.66. The molecule has 2 heterocycles. The van der Waals surface area contributed by atoms with Crippen LogP contribution >= 0.6 is 0 Å². The van der Waals surface area contributed by atoms with E-state index in [0.29, 0.717) is 5.92 Å². The minimum Gasteiger partial charge on any atom is -0.385 e. The Balaban J connectivity index is 1.73. The van der Waals surface area contributed by atoms with Crippen LogP contribution in [0.15, 0.2) is 42.7 Å². The maximum Gasteiger partial charge on any atom is 0.0889 e. The van der Waals surface area contributed by atoms with Crippen LogP contribution in [-0.2, 0) is 12.0 Å². The number of hydrogen-bond donors (Lipinski definition) is 2. The van der Waals surface area contributed by atoms with Crippen molar-refractivity contribution in [3.05, 3.63) is 65.1 Å². The molecule has 1 aliphatic carbocycles. The predicted octanol–water partition coefficient (Wildman–Crippen LogP) is 4.98. The van der Waals surface area contributed by atoms with Gasteiger partial charge in [0.25, 0.3) is 0 Å². The molecular formula is C22H26N2O. The van der Waals surface area contributed by atoms with E-state index in [-0.39, 0.29) is 0 Å². The van der Waals surface area contributed by atoms with Gasteiger partial charge in [-0.05, 0) is 63.3 Å². The Morgan fingerprint density at radius 1 is 1.28 bits per heavy atom. The van der Waals surface area contributed by atoms with Gasteiger partial charge in [0.2, 0.25) is 0 Å². The first-order valence-electron chi connectivity index (χ1n) is 9.28. The summed E-state index contributed by atoms with van der Waals surface area (Å²) in [5.74, 6) is 0.348. The Morgan fingerprint density at radius 2 is 2.16 bits per heavy atom. The smallest absolute Gasteiger partial charge is 0.0889 e. The third-order valence-corrected chi connectivity index (χ3v) is 5.66. The average Bonchev–Trinajstić information content (AvgIpc) is 2.84. The van der Waals surface area contributed by atoms with Crippen molar-refractivity contribution in [1.82, 2.24) is 9.97 Å². The van der Waals surface area contributed by atoms with Crippen molar-refractivity contribution >= 4 is 10.9 Å². The highest BCUT2D eigenvalue weighted by molar-refractivity contribution is 5.85. The predicted molar refractivity (Wildman–Crippen MR) is 102 cm³/mol. The maximum atomic E-state index is 11.1. The summed E-state index contributed by atoms with van der Waals surface area (Å²) >= 11 is 0. The monoisotopic (exact) mass is 334 g/mol. The standard InChI is InChI=1S/C22H26N2O/c1-15-9-10-20-19(12-15)18-8-4-3-6-16(21(18)24-20)13-22(2,25)17-7-5-11-23-14-17/h5,7,9-12,14,16,24-25H,3-4,6,8,13H2,1-2H3. The summed E-state index contributed by atoms with van der Waals surface area (Å²) < 4.78 is 0. The number of pyridine rings is 1. The van der Waals surface area contributed by atoms with E-state index in [1.54, 1.807) is 12.4 Å². The second-order valence-corrected chi connectivity index (χ2v) is 7.73. The van der Waals surface area contributed by atoms with Crippen LogP contribution in [0.5, 0.6) is 0 Å². The number of nitrogens with one attached hydrogen (secondary N) is 1. The molecule has 130 valence electrons. The number of rotatable bonds is 3. The molecule has 25 heavy (non-hydrogen) atoms. The summed E-state index contributed by atoms with van der Waals surface area (Å²) in [6.07, 6.45) is 8.94. The van der Waals surface area contributed by atoms with Crippen molar-refractivity contribution in [3.63, 3.8) is 0 Å². The zero-order valence-electron chi connectivity index (χ0n) is 15.0. The van der Waals surface area contributed by atoms with Crippen LogP contribution in [0, 0.1) is 6.92 Å². The highest BCUT2D eigenvalue weighted by atomic mass is 16.3. The molecule has 0 bridgehead atoms. The molecule has 0 saturated carbocycles. The molecule has 3 heteroatoms. The minimum absolute atomic E-state index is 0.348. The zero-order chi connectivity index (χ0) is 17.4. The Morgan fingerprint density at radius 3 is 2.96 bits per heavy atom. The van der Waals surface area contributed by atoms with Crippen molar-refractivity contribution in [1.29, 1.82) is 0 Å². The molecule has 1 aromatic carbocycles. The number of aromatic amines is 1. The van der Waals surface area contributed by atoms with Gasteiger partial charge in [-0.2, -0.15) is 0 Å². The van der Waals surface area contributed by atoms with E-state index in [4.69, 9.17) is 0 Å². The van der Waals surface area contributed by atoms with Crippen LogP contribution in [0.25, 0.3) is 10.9 Å². The third kappa shape index (κ3) is 3.09.